The summed E-state index contributed by atoms with van der Waals surface area (Å²) in [6, 6.07) is 12.3. The number of rotatable bonds is 6. The van der Waals surface area contributed by atoms with E-state index in [9.17, 15) is 0 Å². The van der Waals surface area contributed by atoms with Crippen LogP contribution in [0.15, 0.2) is 36.4 Å². The molecule has 0 saturated carbocycles. The van der Waals surface area contributed by atoms with Crippen molar-refractivity contribution in [1.29, 1.82) is 0 Å². The van der Waals surface area contributed by atoms with Gasteiger partial charge in [-0.05, 0) is 31.9 Å². The maximum absolute atomic E-state index is 4.66. The zero-order chi connectivity index (χ0) is 15.2. The molecule has 0 aliphatic carbocycles. The zero-order valence-corrected chi connectivity index (χ0v) is 13.3. The van der Waals surface area contributed by atoms with E-state index in [0.717, 1.165) is 30.3 Å². The Balaban J connectivity index is 2.29. The van der Waals surface area contributed by atoms with Gasteiger partial charge >= 0.3 is 0 Å². The lowest BCUT2D eigenvalue weighted by Gasteiger charge is -2.23. The molecule has 21 heavy (non-hydrogen) atoms. The summed E-state index contributed by atoms with van der Waals surface area (Å²) in [5, 5.41) is 3.31. The Labute approximate surface area is 127 Å². The molecule has 0 radical (unpaired) electrons. The van der Waals surface area contributed by atoms with Crippen molar-refractivity contribution in [2.45, 2.75) is 27.7 Å². The highest BCUT2D eigenvalue weighted by atomic mass is 15.2. The summed E-state index contributed by atoms with van der Waals surface area (Å²) >= 11 is 0. The third-order valence-electron chi connectivity index (χ3n) is 3.17. The molecule has 0 fully saturated rings. The molecule has 0 aliphatic heterocycles. The van der Waals surface area contributed by atoms with Crippen molar-refractivity contribution < 1.29 is 0 Å². The smallest absolute Gasteiger partial charge is 0.224 e. The van der Waals surface area contributed by atoms with Crippen LogP contribution in [-0.4, -0.2) is 23.1 Å². The molecule has 0 amide bonds. The quantitative estimate of drug-likeness (QED) is 0.870. The minimum absolute atomic E-state index is 0.564. The van der Waals surface area contributed by atoms with E-state index in [1.165, 1.54) is 0 Å². The summed E-state index contributed by atoms with van der Waals surface area (Å²) in [5.74, 6) is 2.20. The average molecular weight is 284 g/mol. The first-order valence-electron chi connectivity index (χ1n) is 7.52. The van der Waals surface area contributed by atoms with E-state index in [2.05, 4.69) is 53.1 Å². The third-order valence-corrected chi connectivity index (χ3v) is 3.17. The lowest BCUT2D eigenvalue weighted by Crippen LogP contribution is -2.19. The highest BCUT2D eigenvalue weighted by molar-refractivity contribution is 5.60. The average Bonchev–Trinajstić information content (AvgIpc) is 2.46. The van der Waals surface area contributed by atoms with Gasteiger partial charge in [0, 0.05) is 30.5 Å². The fourth-order valence-electron chi connectivity index (χ4n) is 2.15. The number of nitrogens with one attached hydrogen (secondary N) is 1. The van der Waals surface area contributed by atoms with Crippen LogP contribution in [0, 0.1) is 12.8 Å². The van der Waals surface area contributed by atoms with Gasteiger partial charge in [-0.1, -0.05) is 32.0 Å². The molecule has 112 valence electrons. The van der Waals surface area contributed by atoms with Gasteiger partial charge in [0.2, 0.25) is 5.95 Å². The Hall–Kier alpha value is -2.10. The number of hydrogen-bond acceptors (Lipinski definition) is 4. The third kappa shape index (κ3) is 4.18. The SMILES string of the molecule is CCN(c1ccccc1)c1cc(C)nc(NCC(C)C)n1. The van der Waals surface area contributed by atoms with E-state index < -0.39 is 0 Å². The number of aromatic nitrogens is 2. The minimum Gasteiger partial charge on any atom is -0.354 e. The van der Waals surface area contributed by atoms with Crippen LogP contribution < -0.4 is 10.2 Å². The maximum Gasteiger partial charge on any atom is 0.224 e. The molecule has 0 unspecified atom stereocenters. The molecule has 1 aromatic carbocycles. The molecule has 1 N–H and O–H groups in total. The Kier molecular flexibility index (Phi) is 5.14. The lowest BCUT2D eigenvalue weighted by molar-refractivity contribution is 0.684. The monoisotopic (exact) mass is 284 g/mol. The fraction of sp³-hybridized carbons (Fsp3) is 0.412. The molecule has 0 bridgehead atoms. The van der Waals surface area contributed by atoms with Gasteiger partial charge in [0.05, 0.1) is 0 Å². The molecule has 4 heteroatoms. The van der Waals surface area contributed by atoms with E-state index >= 15 is 0 Å². The van der Waals surface area contributed by atoms with Crippen molar-refractivity contribution in [2.24, 2.45) is 5.92 Å². The van der Waals surface area contributed by atoms with Crippen molar-refractivity contribution in [3.63, 3.8) is 0 Å². The van der Waals surface area contributed by atoms with Gasteiger partial charge in [0.25, 0.3) is 0 Å². The van der Waals surface area contributed by atoms with Gasteiger partial charge in [-0.15, -0.1) is 0 Å². The van der Waals surface area contributed by atoms with Crippen molar-refractivity contribution >= 4 is 17.5 Å². The van der Waals surface area contributed by atoms with Crippen LogP contribution in [0.4, 0.5) is 17.5 Å². The van der Waals surface area contributed by atoms with Gasteiger partial charge in [-0.2, -0.15) is 4.98 Å². The largest absolute Gasteiger partial charge is 0.354 e. The second-order valence-corrected chi connectivity index (χ2v) is 5.55. The topological polar surface area (TPSA) is 41.1 Å². The number of benzene rings is 1. The Bertz CT molecular complexity index is 566. The maximum atomic E-state index is 4.66. The molecule has 2 rings (SSSR count). The molecule has 1 aromatic heterocycles. The number of nitrogens with zero attached hydrogens (tertiary/aromatic N) is 3. The molecule has 2 aromatic rings. The van der Waals surface area contributed by atoms with Crippen molar-refractivity contribution in [3.05, 3.63) is 42.1 Å². The van der Waals surface area contributed by atoms with Crippen LogP contribution in [0.1, 0.15) is 26.5 Å². The van der Waals surface area contributed by atoms with E-state index in [-0.39, 0.29) is 0 Å². The summed E-state index contributed by atoms with van der Waals surface area (Å²) in [5.41, 5.74) is 2.12. The molecule has 0 atom stereocenters. The molecular formula is C17H24N4. The number of para-hydroxylation sites is 1. The molecule has 0 spiro atoms. The first-order valence-corrected chi connectivity index (χ1v) is 7.52. The van der Waals surface area contributed by atoms with E-state index in [0.29, 0.717) is 11.9 Å². The standard InChI is InChI=1S/C17H24N4/c1-5-21(15-9-7-6-8-10-15)16-11-14(4)19-17(20-16)18-12-13(2)3/h6-11,13H,5,12H2,1-4H3,(H,18,19,20). The van der Waals surface area contributed by atoms with Crippen LogP contribution in [0.2, 0.25) is 0 Å². The summed E-state index contributed by atoms with van der Waals surface area (Å²) in [6.45, 7) is 10.2. The lowest BCUT2D eigenvalue weighted by atomic mass is 10.2. The second-order valence-electron chi connectivity index (χ2n) is 5.55. The first kappa shape index (κ1) is 15.3. The van der Waals surface area contributed by atoms with Crippen LogP contribution in [0.5, 0.6) is 0 Å². The van der Waals surface area contributed by atoms with Crippen LogP contribution in [0.3, 0.4) is 0 Å². The predicted octanol–water partition coefficient (Wildman–Crippen LogP) is 4.01. The van der Waals surface area contributed by atoms with Crippen LogP contribution >= 0.6 is 0 Å². The van der Waals surface area contributed by atoms with E-state index in [4.69, 9.17) is 0 Å². The predicted molar refractivity (Wildman–Crippen MR) is 89.2 cm³/mol. The minimum atomic E-state index is 0.564. The first-order chi connectivity index (χ1) is 10.1. The fourth-order valence-corrected chi connectivity index (χ4v) is 2.15. The normalized spacial score (nSPS) is 10.7. The van der Waals surface area contributed by atoms with Crippen LogP contribution in [-0.2, 0) is 0 Å². The summed E-state index contributed by atoms with van der Waals surface area (Å²) in [4.78, 5) is 11.3. The second kappa shape index (κ2) is 7.07. The van der Waals surface area contributed by atoms with Gasteiger partial charge in [0.1, 0.15) is 5.82 Å². The number of hydrogen-bond donors (Lipinski definition) is 1. The number of aryl methyl sites for hydroxylation is 1. The van der Waals surface area contributed by atoms with Gasteiger partial charge in [-0.25, -0.2) is 4.98 Å². The zero-order valence-electron chi connectivity index (χ0n) is 13.3. The van der Waals surface area contributed by atoms with Crippen molar-refractivity contribution in [1.82, 2.24) is 9.97 Å². The van der Waals surface area contributed by atoms with Crippen LogP contribution in [0.25, 0.3) is 0 Å². The molecular weight excluding hydrogens is 260 g/mol. The number of anilines is 3. The Morgan fingerprint density at radius 3 is 2.48 bits per heavy atom. The highest BCUT2D eigenvalue weighted by Gasteiger charge is 2.11. The molecule has 1 heterocycles. The molecule has 0 aliphatic rings. The Morgan fingerprint density at radius 2 is 1.86 bits per heavy atom. The highest BCUT2D eigenvalue weighted by Crippen LogP contribution is 2.24. The van der Waals surface area contributed by atoms with E-state index in [1.54, 1.807) is 0 Å². The van der Waals surface area contributed by atoms with E-state index in [1.807, 2.05) is 31.2 Å². The summed E-state index contributed by atoms with van der Waals surface area (Å²) < 4.78 is 0. The van der Waals surface area contributed by atoms with Gasteiger partial charge in [0.15, 0.2) is 0 Å². The Morgan fingerprint density at radius 1 is 1.14 bits per heavy atom. The molecule has 0 saturated heterocycles. The van der Waals surface area contributed by atoms with Gasteiger partial charge < -0.3 is 10.2 Å². The van der Waals surface area contributed by atoms with Gasteiger partial charge in [-0.3, -0.25) is 0 Å². The summed E-state index contributed by atoms with van der Waals surface area (Å²) in [7, 11) is 0. The molecule has 4 nitrogen and oxygen atoms in total. The van der Waals surface area contributed by atoms with Crippen molar-refractivity contribution in [2.75, 3.05) is 23.3 Å². The summed E-state index contributed by atoms with van der Waals surface area (Å²) in [6.07, 6.45) is 0. The van der Waals surface area contributed by atoms with Crippen molar-refractivity contribution in [3.8, 4) is 0 Å².